The summed E-state index contributed by atoms with van der Waals surface area (Å²) in [4.78, 5) is 11.3. The molecule has 0 aromatic carbocycles. The predicted octanol–water partition coefficient (Wildman–Crippen LogP) is 3.89. The highest BCUT2D eigenvalue weighted by Gasteiger charge is 2.23. The first-order valence-electron chi connectivity index (χ1n) is 12.2. The third-order valence-electron chi connectivity index (χ3n) is 5.64. The van der Waals surface area contributed by atoms with Gasteiger partial charge in [0.1, 0.15) is 17.6 Å². The Morgan fingerprint density at radius 3 is 2.47 bits per heavy atom. The van der Waals surface area contributed by atoms with Gasteiger partial charge >= 0.3 is 0 Å². The summed E-state index contributed by atoms with van der Waals surface area (Å²) in [5, 5.41) is 9.21. The van der Waals surface area contributed by atoms with E-state index in [1.165, 1.54) is 5.56 Å². The number of rotatable bonds is 10. The standard InChI is InChI=1S/C24H32N8O2.C2H6/c1-8-22-26-10-18-9-25-20(14-32(18)22)23-21(15-33-7)28-31(6)24(23)34-17(3)12-29(4)13-19-16(2)11-30(5)27-19;1-2/h8-11,14,17H,1,12-13,15H2,2-7H3;1-2H3. The highest BCUT2D eigenvalue weighted by molar-refractivity contribution is 5.69. The summed E-state index contributed by atoms with van der Waals surface area (Å²) < 4.78 is 17.4. The number of nitrogens with zero attached hydrogens (tertiary/aromatic N) is 8. The smallest absolute Gasteiger partial charge is 0.221 e. The minimum Gasteiger partial charge on any atom is -0.473 e. The Morgan fingerprint density at radius 2 is 1.83 bits per heavy atom. The van der Waals surface area contributed by atoms with Gasteiger partial charge in [-0.3, -0.25) is 19.0 Å². The van der Waals surface area contributed by atoms with Gasteiger partial charge in [-0.2, -0.15) is 10.2 Å². The molecule has 10 heteroatoms. The second kappa shape index (κ2) is 12.0. The van der Waals surface area contributed by atoms with Crippen molar-refractivity contribution >= 4 is 11.6 Å². The number of fused-ring (bicyclic) bond motifs is 1. The number of likely N-dealkylation sites (N-methyl/N-ethyl adjacent to an activating group) is 1. The molecule has 0 fully saturated rings. The number of hydrogen-bond acceptors (Lipinski definition) is 7. The molecule has 194 valence electrons. The molecule has 4 rings (SSSR count). The molecule has 4 heterocycles. The van der Waals surface area contributed by atoms with E-state index in [0.29, 0.717) is 12.5 Å². The molecule has 36 heavy (non-hydrogen) atoms. The minimum absolute atomic E-state index is 0.0979. The van der Waals surface area contributed by atoms with Gasteiger partial charge in [-0.25, -0.2) is 9.67 Å². The zero-order valence-corrected chi connectivity index (χ0v) is 22.7. The van der Waals surface area contributed by atoms with Crippen molar-refractivity contribution in [1.29, 1.82) is 0 Å². The fraction of sp³-hybridized carbons (Fsp3) is 0.462. The molecule has 0 saturated heterocycles. The van der Waals surface area contributed by atoms with Crippen molar-refractivity contribution in [2.24, 2.45) is 14.1 Å². The summed E-state index contributed by atoms with van der Waals surface area (Å²) in [6, 6.07) is 0. The van der Waals surface area contributed by atoms with Gasteiger partial charge < -0.3 is 9.47 Å². The van der Waals surface area contributed by atoms with E-state index < -0.39 is 0 Å². The first kappa shape index (κ1) is 27.1. The van der Waals surface area contributed by atoms with Crippen LogP contribution in [-0.4, -0.2) is 65.6 Å². The molecule has 4 aromatic rings. The van der Waals surface area contributed by atoms with Crippen molar-refractivity contribution in [1.82, 2.24) is 38.8 Å². The Bertz CT molecular complexity index is 1300. The Kier molecular flexibility index (Phi) is 9.00. The molecular weight excluding hydrogens is 456 g/mol. The molecule has 0 bridgehead atoms. The molecule has 4 aromatic heterocycles. The van der Waals surface area contributed by atoms with Gasteiger partial charge in [-0.15, -0.1) is 0 Å². The third-order valence-corrected chi connectivity index (χ3v) is 5.64. The van der Waals surface area contributed by atoms with Gasteiger partial charge in [-0.1, -0.05) is 20.4 Å². The van der Waals surface area contributed by atoms with E-state index in [0.717, 1.165) is 47.1 Å². The maximum absolute atomic E-state index is 6.44. The van der Waals surface area contributed by atoms with E-state index in [-0.39, 0.29) is 6.10 Å². The predicted molar refractivity (Wildman–Crippen MR) is 142 cm³/mol. The Balaban J connectivity index is 0.00000176. The van der Waals surface area contributed by atoms with Gasteiger partial charge in [0.25, 0.3) is 0 Å². The van der Waals surface area contributed by atoms with Crippen LogP contribution in [0.4, 0.5) is 0 Å². The van der Waals surface area contributed by atoms with Crippen molar-refractivity contribution in [2.75, 3.05) is 20.7 Å². The monoisotopic (exact) mass is 494 g/mol. The largest absolute Gasteiger partial charge is 0.473 e. The maximum atomic E-state index is 6.44. The van der Waals surface area contributed by atoms with Crippen LogP contribution in [0, 0.1) is 6.92 Å². The van der Waals surface area contributed by atoms with Crippen LogP contribution in [0.2, 0.25) is 0 Å². The molecular formula is C26H38N8O2. The zero-order chi connectivity index (χ0) is 26.4. The van der Waals surface area contributed by atoms with Crippen molar-refractivity contribution in [2.45, 2.75) is 47.0 Å². The Morgan fingerprint density at radius 1 is 1.11 bits per heavy atom. The lowest BCUT2D eigenvalue weighted by Crippen LogP contribution is -2.31. The van der Waals surface area contributed by atoms with Crippen LogP contribution in [0.15, 0.2) is 31.4 Å². The fourth-order valence-electron chi connectivity index (χ4n) is 4.18. The highest BCUT2D eigenvalue weighted by atomic mass is 16.5. The summed E-state index contributed by atoms with van der Waals surface area (Å²) in [6.45, 7) is 13.8. The molecule has 0 aliphatic heterocycles. The van der Waals surface area contributed by atoms with Gasteiger partial charge in [-0.05, 0) is 32.5 Å². The summed E-state index contributed by atoms with van der Waals surface area (Å²) in [5.41, 5.74) is 5.44. The first-order chi connectivity index (χ1) is 17.3. The lowest BCUT2D eigenvalue weighted by atomic mass is 10.2. The number of methoxy groups -OCH3 is 1. The van der Waals surface area contributed by atoms with Crippen LogP contribution >= 0.6 is 0 Å². The molecule has 0 saturated carbocycles. The van der Waals surface area contributed by atoms with Gasteiger partial charge in [0.15, 0.2) is 0 Å². The lowest BCUT2D eigenvalue weighted by Gasteiger charge is -2.22. The van der Waals surface area contributed by atoms with Crippen LogP contribution in [0.3, 0.4) is 0 Å². The average Bonchev–Trinajstić information content (AvgIpc) is 3.49. The second-order valence-electron chi connectivity index (χ2n) is 8.63. The molecule has 1 unspecified atom stereocenters. The number of hydrogen-bond donors (Lipinski definition) is 0. The zero-order valence-electron chi connectivity index (χ0n) is 22.7. The summed E-state index contributed by atoms with van der Waals surface area (Å²) in [7, 11) is 7.53. The van der Waals surface area contributed by atoms with Crippen LogP contribution in [0.25, 0.3) is 22.9 Å². The average molecular weight is 495 g/mol. The Hall–Kier alpha value is -3.50. The summed E-state index contributed by atoms with van der Waals surface area (Å²) in [6.07, 6.45) is 9.14. The van der Waals surface area contributed by atoms with E-state index in [4.69, 9.17) is 9.47 Å². The lowest BCUT2D eigenvalue weighted by molar-refractivity contribution is 0.148. The minimum atomic E-state index is -0.0979. The first-order valence-corrected chi connectivity index (χ1v) is 12.2. The van der Waals surface area contributed by atoms with E-state index in [1.807, 2.05) is 49.4 Å². The molecule has 0 radical (unpaired) electrons. The fourth-order valence-corrected chi connectivity index (χ4v) is 4.18. The molecule has 0 spiro atoms. The summed E-state index contributed by atoms with van der Waals surface area (Å²) in [5.74, 6) is 1.40. The number of aromatic nitrogens is 7. The van der Waals surface area contributed by atoms with Gasteiger partial charge in [0.05, 0.1) is 41.5 Å². The SMILES string of the molecule is C=Cc1ncc2cnc(-c3c(COC)nn(C)c3OC(C)CN(C)Cc3nn(C)cc3C)cn12.CC. The maximum Gasteiger partial charge on any atom is 0.221 e. The van der Waals surface area contributed by atoms with Crippen molar-refractivity contribution in [3.8, 4) is 17.1 Å². The molecule has 0 aliphatic carbocycles. The quantitative estimate of drug-likeness (QED) is 0.331. The van der Waals surface area contributed by atoms with Crippen LogP contribution in [-0.2, 0) is 32.0 Å². The number of ether oxygens (including phenoxy) is 2. The number of imidazole rings is 1. The van der Waals surface area contributed by atoms with Crippen LogP contribution < -0.4 is 4.74 Å². The third kappa shape index (κ3) is 5.83. The van der Waals surface area contributed by atoms with Crippen LogP contribution in [0.1, 0.15) is 43.5 Å². The van der Waals surface area contributed by atoms with E-state index in [2.05, 4.69) is 52.5 Å². The highest BCUT2D eigenvalue weighted by Crippen LogP contribution is 2.33. The molecule has 0 aliphatic rings. The van der Waals surface area contributed by atoms with Gasteiger partial charge in [0, 0.05) is 46.7 Å². The molecule has 10 nitrogen and oxygen atoms in total. The topological polar surface area (TPSA) is 87.5 Å². The molecule has 1 atom stereocenters. The van der Waals surface area contributed by atoms with E-state index >= 15 is 0 Å². The van der Waals surface area contributed by atoms with E-state index in [1.54, 1.807) is 30.3 Å². The summed E-state index contributed by atoms with van der Waals surface area (Å²) >= 11 is 0. The van der Waals surface area contributed by atoms with Crippen molar-refractivity contribution < 1.29 is 9.47 Å². The Labute approximate surface area is 213 Å². The number of aryl methyl sites for hydroxylation is 3. The normalized spacial score (nSPS) is 12.0. The molecule has 0 N–H and O–H groups in total. The van der Waals surface area contributed by atoms with Gasteiger partial charge in [0.2, 0.25) is 5.88 Å². The second-order valence-corrected chi connectivity index (χ2v) is 8.63. The van der Waals surface area contributed by atoms with Crippen molar-refractivity contribution in [3.63, 3.8) is 0 Å². The molecule has 0 amide bonds. The van der Waals surface area contributed by atoms with Crippen molar-refractivity contribution in [3.05, 3.63) is 54.1 Å². The van der Waals surface area contributed by atoms with Crippen LogP contribution in [0.5, 0.6) is 5.88 Å². The van der Waals surface area contributed by atoms with E-state index in [9.17, 15) is 0 Å².